The van der Waals surface area contributed by atoms with Gasteiger partial charge in [-0.15, -0.1) is 0 Å². The third kappa shape index (κ3) is 10.6. The van der Waals surface area contributed by atoms with Gasteiger partial charge in [-0.25, -0.2) is 43.1 Å². The third-order valence-corrected chi connectivity index (χ3v) is 12.5. The minimum Gasteiger partial charge on any atom is -0.211 e. The summed E-state index contributed by atoms with van der Waals surface area (Å²) in [6.07, 6.45) is -1.04. The maximum absolute atomic E-state index is 13.5. The Balaban J connectivity index is 2.26. The van der Waals surface area contributed by atoms with Crippen molar-refractivity contribution in [1.82, 2.24) is 18.1 Å². The van der Waals surface area contributed by atoms with Gasteiger partial charge in [0.15, 0.2) is 0 Å². The zero-order valence-corrected chi connectivity index (χ0v) is 27.6. The lowest BCUT2D eigenvalue weighted by molar-refractivity contribution is -0.0490. The normalized spacial score (nSPS) is 13.9. The van der Waals surface area contributed by atoms with Crippen LogP contribution < -0.4 is 9.44 Å². The second-order valence-electron chi connectivity index (χ2n) is 9.83. The maximum atomic E-state index is 13.5. The van der Waals surface area contributed by atoms with Gasteiger partial charge in [-0.05, 0) is 51.0 Å². The minimum absolute atomic E-state index is 0.0861. The zero-order valence-electron chi connectivity index (χ0n) is 24.3. The molecule has 2 N–H and O–H groups in total. The molecule has 0 aliphatic carbocycles. The van der Waals surface area contributed by atoms with Crippen LogP contribution in [0.3, 0.4) is 0 Å². The lowest BCUT2D eigenvalue weighted by Gasteiger charge is -2.28. The average Bonchev–Trinajstić information content (AvgIpc) is 2.92. The highest BCUT2D eigenvalue weighted by molar-refractivity contribution is 7.90. The fourth-order valence-corrected chi connectivity index (χ4v) is 7.84. The Labute approximate surface area is 264 Å². The molecule has 0 aliphatic rings. The first-order valence-electron chi connectivity index (χ1n) is 13.2. The van der Waals surface area contributed by atoms with Crippen LogP contribution in [0, 0.1) is 13.8 Å². The quantitative estimate of drug-likeness (QED) is 0.184. The van der Waals surface area contributed by atoms with E-state index in [1.807, 2.05) is 0 Å². The fourth-order valence-electron chi connectivity index (χ4n) is 3.74. The van der Waals surface area contributed by atoms with Gasteiger partial charge in [0.25, 0.3) is 0 Å². The van der Waals surface area contributed by atoms with E-state index in [2.05, 4.69) is 4.72 Å². The molecule has 12 nitrogen and oxygen atoms in total. The first-order valence-corrected chi connectivity index (χ1v) is 19.0. The molecule has 0 aromatic heterocycles. The molecule has 0 saturated heterocycles. The highest BCUT2D eigenvalue weighted by Gasteiger charge is 2.50. The zero-order chi connectivity index (χ0) is 35.2. The van der Waals surface area contributed by atoms with Crippen molar-refractivity contribution in [2.24, 2.45) is 0 Å². The number of benzene rings is 2. The molecule has 0 bridgehead atoms. The van der Waals surface area contributed by atoms with E-state index in [9.17, 15) is 60.0 Å². The second kappa shape index (κ2) is 15.3. The van der Waals surface area contributed by atoms with E-state index in [-0.39, 0.29) is 14.1 Å². The van der Waals surface area contributed by atoms with Gasteiger partial charge in [-0.1, -0.05) is 35.4 Å². The second-order valence-corrected chi connectivity index (χ2v) is 17.2. The van der Waals surface area contributed by atoms with E-state index in [1.54, 1.807) is 13.8 Å². The van der Waals surface area contributed by atoms with E-state index in [0.29, 0.717) is 9.87 Å². The molecule has 0 aliphatic heterocycles. The van der Waals surface area contributed by atoms with Gasteiger partial charge in [0.2, 0.25) is 20.0 Å². The van der Waals surface area contributed by atoms with Crippen molar-refractivity contribution in [3.63, 3.8) is 0 Å². The first-order chi connectivity index (χ1) is 20.9. The Morgan fingerprint density at radius 3 is 1.43 bits per heavy atom. The van der Waals surface area contributed by atoms with Crippen LogP contribution in [-0.4, -0.2) is 92.6 Å². The summed E-state index contributed by atoms with van der Waals surface area (Å²) in [4.78, 5) is -0.517. The molecule has 46 heavy (non-hydrogen) atoms. The SMILES string of the molecule is Cc1ccc(S(=O)(=O)NCCCN(CCN(CCCNS(=O)(=O)C(F)(F)F)S(=O)(=O)c2ccc(C)cc2)S(=O)(=O)C(F)(F)F)cc1. The van der Waals surface area contributed by atoms with Gasteiger partial charge in [0, 0.05) is 39.3 Å². The molecule has 22 heteroatoms. The van der Waals surface area contributed by atoms with Crippen LogP contribution >= 0.6 is 0 Å². The molecule has 0 radical (unpaired) electrons. The van der Waals surface area contributed by atoms with Crippen LogP contribution in [0.4, 0.5) is 26.3 Å². The molecule has 2 aromatic rings. The Hall–Kier alpha value is -2.34. The fraction of sp³-hybridized carbons (Fsp3) is 0.500. The van der Waals surface area contributed by atoms with Crippen molar-refractivity contribution in [3.8, 4) is 0 Å². The van der Waals surface area contributed by atoms with Crippen molar-refractivity contribution in [2.45, 2.75) is 47.5 Å². The molecule has 0 fully saturated rings. The van der Waals surface area contributed by atoms with Crippen LogP contribution in [0.15, 0.2) is 58.3 Å². The lowest BCUT2D eigenvalue weighted by atomic mass is 10.2. The van der Waals surface area contributed by atoms with Crippen molar-refractivity contribution < 1.29 is 60.0 Å². The predicted molar refractivity (Wildman–Crippen MR) is 155 cm³/mol. The highest BCUT2D eigenvalue weighted by Crippen LogP contribution is 2.27. The van der Waals surface area contributed by atoms with Crippen LogP contribution in [0.2, 0.25) is 0 Å². The standard InChI is InChI=1S/C24H32F6N4O8S4/c1-19-5-9-21(10-6-19)43(35,36)31-13-3-16-34(46(41,42)24(28,29)30)18-17-33(15-4-14-32-45(39,40)23(25,26)27)44(37,38)22-11-7-20(2)8-12-22/h5-12,31-32H,3-4,13-18H2,1-2H3. The van der Waals surface area contributed by atoms with Gasteiger partial charge in [-0.2, -0.15) is 35.0 Å². The Bertz CT molecular complexity index is 1750. The smallest absolute Gasteiger partial charge is 0.211 e. The molecule has 0 amide bonds. The molecular weight excluding hydrogens is 715 g/mol. The summed E-state index contributed by atoms with van der Waals surface area (Å²) in [6.45, 7) is -1.70. The molecule has 0 saturated carbocycles. The van der Waals surface area contributed by atoms with Crippen molar-refractivity contribution in [3.05, 3.63) is 59.7 Å². The van der Waals surface area contributed by atoms with Crippen LogP contribution in [0.1, 0.15) is 24.0 Å². The number of sulfonamides is 4. The molecule has 2 aromatic carbocycles. The molecule has 0 heterocycles. The Morgan fingerprint density at radius 1 is 0.565 bits per heavy atom. The van der Waals surface area contributed by atoms with E-state index >= 15 is 0 Å². The third-order valence-electron chi connectivity index (χ3n) is 6.28. The van der Waals surface area contributed by atoms with Gasteiger partial charge in [0.05, 0.1) is 9.79 Å². The number of hydrogen-bond acceptors (Lipinski definition) is 8. The molecule has 262 valence electrons. The topological polar surface area (TPSA) is 167 Å². The van der Waals surface area contributed by atoms with E-state index < -0.39 is 103 Å². The number of alkyl halides is 6. The number of aryl methyl sites for hydroxylation is 2. The van der Waals surface area contributed by atoms with E-state index in [1.165, 1.54) is 41.1 Å². The van der Waals surface area contributed by atoms with Gasteiger partial charge < -0.3 is 0 Å². The number of hydrogen-bond donors (Lipinski definition) is 2. The summed E-state index contributed by atoms with van der Waals surface area (Å²) in [6, 6.07) is 10.7. The Morgan fingerprint density at radius 2 is 0.978 bits per heavy atom. The van der Waals surface area contributed by atoms with Crippen LogP contribution in [0.25, 0.3) is 0 Å². The van der Waals surface area contributed by atoms with E-state index in [4.69, 9.17) is 0 Å². The summed E-state index contributed by atoms with van der Waals surface area (Å²) in [5.74, 6) is 0. The summed E-state index contributed by atoms with van der Waals surface area (Å²) in [5.41, 5.74) is -10.1. The molecule has 2 rings (SSSR count). The Kier molecular flexibility index (Phi) is 13.2. The van der Waals surface area contributed by atoms with E-state index in [0.717, 1.165) is 17.7 Å². The van der Waals surface area contributed by atoms with Crippen molar-refractivity contribution >= 4 is 40.1 Å². The summed E-state index contributed by atoms with van der Waals surface area (Å²) >= 11 is 0. The molecular formula is C24H32F6N4O8S4. The minimum atomic E-state index is -6.07. The average molecular weight is 747 g/mol. The van der Waals surface area contributed by atoms with Gasteiger partial charge >= 0.3 is 31.1 Å². The maximum Gasteiger partial charge on any atom is 0.511 e. The largest absolute Gasteiger partial charge is 0.511 e. The number of rotatable bonds is 17. The number of nitrogens with one attached hydrogen (secondary N) is 2. The monoisotopic (exact) mass is 746 g/mol. The lowest BCUT2D eigenvalue weighted by Crippen LogP contribution is -2.47. The first kappa shape index (κ1) is 39.8. The van der Waals surface area contributed by atoms with Crippen molar-refractivity contribution in [2.75, 3.05) is 39.3 Å². The number of halogens is 6. The molecule has 0 spiro atoms. The van der Waals surface area contributed by atoms with Crippen LogP contribution in [0.5, 0.6) is 0 Å². The highest BCUT2D eigenvalue weighted by atomic mass is 32.2. The van der Waals surface area contributed by atoms with Gasteiger partial charge in [-0.3, -0.25) is 0 Å². The summed E-state index contributed by atoms with van der Waals surface area (Å²) < 4.78 is 181. The summed E-state index contributed by atoms with van der Waals surface area (Å²) in [5, 5.41) is 0. The predicted octanol–water partition coefficient (Wildman–Crippen LogP) is 2.64. The van der Waals surface area contributed by atoms with Gasteiger partial charge in [0.1, 0.15) is 0 Å². The van der Waals surface area contributed by atoms with Crippen LogP contribution in [-0.2, 0) is 40.1 Å². The van der Waals surface area contributed by atoms with Crippen molar-refractivity contribution in [1.29, 1.82) is 0 Å². The summed E-state index contributed by atoms with van der Waals surface area (Å²) in [7, 11) is -20.5. The molecule has 0 atom stereocenters. The molecule has 0 unspecified atom stereocenters. The number of nitrogens with zero attached hydrogens (tertiary/aromatic N) is 2.